The number of ether oxygens (including phenoxy) is 1. The van der Waals surface area contributed by atoms with Gasteiger partial charge in [-0.25, -0.2) is 4.79 Å². The zero-order chi connectivity index (χ0) is 9.80. The Labute approximate surface area is 83.2 Å². The van der Waals surface area contributed by atoms with Gasteiger partial charge in [-0.05, 0) is 24.0 Å². The molecule has 1 heterocycles. The van der Waals surface area contributed by atoms with Crippen LogP contribution in [0.2, 0.25) is 0 Å². The smallest absolute Gasteiger partial charge is 0.331 e. The molecule has 0 fully saturated rings. The highest BCUT2D eigenvalue weighted by molar-refractivity contribution is 5.85. The Morgan fingerprint density at radius 2 is 1.93 bits per heavy atom. The van der Waals surface area contributed by atoms with E-state index in [2.05, 4.69) is 12.1 Å². The van der Waals surface area contributed by atoms with Gasteiger partial charge in [0.25, 0.3) is 0 Å². The molecule has 0 bridgehead atoms. The third-order valence-electron chi connectivity index (χ3n) is 2.30. The standard InChI is InChI=1S/C12H12O2/c13-12-8-11(9-14-12)7-6-10-4-2-1-3-5-10/h1-5,8H,6-7,9H2. The fourth-order valence-electron chi connectivity index (χ4n) is 1.51. The molecule has 0 aliphatic carbocycles. The Balaban J connectivity index is 1.89. The van der Waals surface area contributed by atoms with E-state index in [0.717, 1.165) is 18.4 Å². The van der Waals surface area contributed by atoms with Gasteiger partial charge in [-0.3, -0.25) is 0 Å². The normalized spacial score (nSPS) is 15.1. The second-order valence-corrected chi connectivity index (χ2v) is 3.40. The third-order valence-corrected chi connectivity index (χ3v) is 2.30. The van der Waals surface area contributed by atoms with E-state index in [1.807, 2.05) is 18.2 Å². The molecule has 0 amide bonds. The van der Waals surface area contributed by atoms with Crippen molar-refractivity contribution in [3.63, 3.8) is 0 Å². The number of benzene rings is 1. The van der Waals surface area contributed by atoms with Crippen molar-refractivity contribution in [3.8, 4) is 0 Å². The van der Waals surface area contributed by atoms with Crippen LogP contribution >= 0.6 is 0 Å². The van der Waals surface area contributed by atoms with Gasteiger partial charge in [-0.15, -0.1) is 0 Å². The minimum Gasteiger partial charge on any atom is -0.458 e. The lowest BCUT2D eigenvalue weighted by Crippen LogP contribution is -1.93. The zero-order valence-corrected chi connectivity index (χ0v) is 7.90. The largest absolute Gasteiger partial charge is 0.458 e. The summed E-state index contributed by atoms with van der Waals surface area (Å²) >= 11 is 0. The van der Waals surface area contributed by atoms with Crippen LogP contribution in [0.5, 0.6) is 0 Å². The molecule has 14 heavy (non-hydrogen) atoms. The van der Waals surface area contributed by atoms with Crippen molar-refractivity contribution in [2.75, 3.05) is 6.61 Å². The molecule has 0 aromatic heterocycles. The first-order valence-electron chi connectivity index (χ1n) is 4.75. The minimum absolute atomic E-state index is 0.201. The van der Waals surface area contributed by atoms with Crippen LogP contribution in [-0.2, 0) is 16.0 Å². The molecule has 0 spiro atoms. The lowest BCUT2D eigenvalue weighted by Gasteiger charge is -2.00. The van der Waals surface area contributed by atoms with Crippen LogP contribution in [-0.4, -0.2) is 12.6 Å². The van der Waals surface area contributed by atoms with Crippen LogP contribution in [0.4, 0.5) is 0 Å². The van der Waals surface area contributed by atoms with Crippen molar-refractivity contribution in [1.82, 2.24) is 0 Å². The Morgan fingerprint density at radius 3 is 2.57 bits per heavy atom. The molecule has 0 atom stereocenters. The van der Waals surface area contributed by atoms with Gasteiger partial charge in [0, 0.05) is 6.08 Å². The molecule has 0 N–H and O–H groups in total. The van der Waals surface area contributed by atoms with Gasteiger partial charge in [0.05, 0.1) is 0 Å². The predicted octanol–water partition coefficient (Wildman–Crippen LogP) is 2.10. The summed E-state index contributed by atoms with van der Waals surface area (Å²) < 4.78 is 4.82. The summed E-state index contributed by atoms with van der Waals surface area (Å²) in [5.74, 6) is -0.201. The number of carbonyl (C=O) groups excluding carboxylic acids is 1. The van der Waals surface area contributed by atoms with Gasteiger partial charge in [0.2, 0.25) is 0 Å². The maximum absolute atomic E-state index is 10.8. The number of cyclic esters (lactones) is 1. The van der Waals surface area contributed by atoms with Crippen LogP contribution < -0.4 is 0 Å². The highest BCUT2D eigenvalue weighted by Crippen LogP contribution is 2.13. The van der Waals surface area contributed by atoms with Crippen molar-refractivity contribution >= 4 is 5.97 Å². The quantitative estimate of drug-likeness (QED) is 0.679. The number of rotatable bonds is 3. The second kappa shape index (κ2) is 4.09. The van der Waals surface area contributed by atoms with Crippen LogP contribution in [0.3, 0.4) is 0 Å². The average Bonchev–Trinajstić information content (AvgIpc) is 2.63. The lowest BCUT2D eigenvalue weighted by molar-refractivity contribution is -0.134. The summed E-state index contributed by atoms with van der Waals surface area (Å²) in [4.78, 5) is 10.8. The Kier molecular flexibility index (Phi) is 2.63. The van der Waals surface area contributed by atoms with Crippen LogP contribution in [0.1, 0.15) is 12.0 Å². The molecular weight excluding hydrogens is 176 g/mol. The number of carbonyl (C=O) groups is 1. The lowest BCUT2D eigenvalue weighted by atomic mass is 10.1. The van der Waals surface area contributed by atoms with Gasteiger partial charge < -0.3 is 4.74 Å². The van der Waals surface area contributed by atoms with Crippen molar-refractivity contribution in [2.24, 2.45) is 0 Å². The molecule has 0 unspecified atom stereocenters. The molecule has 72 valence electrons. The van der Waals surface area contributed by atoms with E-state index >= 15 is 0 Å². The molecular formula is C12H12O2. The number of aryl methyl sites for hydroxylation is 1. The summed E-state index contributed by atoms with van der Waals surface area (Å²) in [7, 11) is 0. The van der Waals surface area contributed by atoms with Crippen molar-refractivity contribution in [3.05, 3.63) is 47.5 Å². The molecule has 1 aromatic rings. The van der Waals surface area contributed by atoms with E-state index in [0.29, 0.717) is 6.61 Å². The molecule has 2 rings (SSSR count). The van der Waals surface area contributed by atoms with Crippen molar-refractivity contribution < 1.29 is 9.53 Å². The van der Waals surface area contributed by atoms with Gasteiger partial charge >= 0.3 is 5.97 Å². The summed E-state index contributed by atoms with van der Waals surface area (Å²) in [5.41, 5.74) is 2.40. The molecule has 1 aliphatic rings. The van der Waals surface area contributed by atoms with Gasteiger partial charge in [0.15, 0.2) is 0 Å². The zero-order valence-electron chi connectivity index (χ0n) is 7.90. The van der Waals surface area contributed by atoms with E-state index in [-0.39, 0.29) is 5.97 Å². The number of hydrogen-bond donors (Lipinski definition) is 0. The van der Waals surface area contributed by atoms with Crippen LogP contribution in [0.25, 0.3) is 0 Å². The molecule has 0 saturated carbocycles. The van der Waals surface area contributed by atoms with E-state index in [1.165, 1.54) is 5.56 Å². The maximum atomic E-state index is 10.8. The molecule has 0 radical (unpaired) electrons. The van der Waals surface area contributed by atoms with E-state index in [4.69, 9.17) is 4.74 Å². The Bertz CT molecular complexity index is 352. The Hall–Kier alpha value is -1.57. The molecule has 2 nitrogen and oxygen atoms in total. The first-order chi connectivity index (χ1) is 6.84. The summed E-state index contributed by atoms with van der Waals surface area (Å²) in [6, 6.07) is 10.3. The molecule has 0 saturated heterocycles. The fraction of sp³-hybridized carbons (Fsp3) is 0.250. The van der Waals surface area contributed by atoms with Crippen molar-refractivity contribution in [2.45, 2.75) is 12.8 Å². The van der Waals surface area contributed by atoms with E-state index in [1.54, 1.807) is 6.08 Å². The second-order valence-electron chi connectivity index (χ2n) is 3.40. The number of hydrogen-bond acceptors (Lipinski definition) is 2. The van der Waals surface area contributed by atoms with E-state index in [9.17, 15) is 4.79 Å². The molecule has 2 heteroatoms. The predicted molar refractivity (Wildman–Crippen MR) is 53.8 cm³/mol. The summed E-state index contributed by atoms with van der Waals surface area (Å²) in [5, 5.41) is 0. The summed E-state index contributed by atoms with van der Waals surface area (Å²) in [6.07, 6.45) is 3.49. The third kappa shape index (κ3) is 2.22. The first-order valence-corrected chi connectivity index (χ1v) is 4.75. The van der Waals surface area contributed by atoms with Gasteiger partial charge in [-0.2, -0.15) is 0 Å². The monoisotopic (exact) mass is 188 g/mol. The van der Waals surface area contributed by atoms with Gasteiger partial charge in [-0.1, -0.05) is 30.3 Å². The highest BCUT2D eigenvalue weighted by Gasteiger charge is 2.11. The maximum Gasteiger partial charge on any atom is 0.331 e. The Morgan fingerprint density at radius 1 is 1.14 bits per heavy atom. The van der Waals surface area contributed by atoms with Crippen LogP contribution in [0.15, 0.2) is 42.0 Å². The molecule has 1 aromatic carbocycles. The SMILES string of the molecule is O=C1C=C(CCc2ccccc2)CO1. The molecule has 1 aliphatic heterocycles. The summed E-state index contributed by atoms with van der Waals surface area (Å²) in [6.45, 7) is 0.478. The van der Waals surface area contributed by atoms with Crippen molar-refractivity contribution in [1.29, 1.82) is 0 Å². The minimum atomic E-state index is -0.201. The van der Waals surface area contributed by atoms with E-state index < -0.39 is 0 Å². The van der Waals surface area contributed by atoms with Crippen LogP contribution in [0, 0.1) is 0 Å². The average molecular weight is 188 g/mol. The first kappa shape index (κ1) is 9.00. The topological polar surface area (TPSA) is 26.3 Å². The highest BCUT2D eigenvalue weighted by atomic mass is 16.5. The van der Waals surface area contributed by atoms with Gasteiger partial charge in [0.1, 0.15) is 6.61 Å². The number of esters is 1. The fourth-order valence-corrected chi connectivity index (χ4v) is 1.51.